The van der Waals surface area contributed by atoms with Gasteiger partial charge in [-0.05, 0) is 54.8 Å². The van der Waals surface area contributed by atoms with E-state index in [0.29, 0.717) is 48.7 Å². The molecule has 21 heteroatoms. The zero-order chi connectivity index (χ0) is 57.8. The first-order chi connectivity index (χ1) is 37.8. The van der Waals surface area contributed by atoms with E-state index in [1.54, 1.807) is 117 Å². The van der Waals surface area contributed by atoms with Crippen LogP contribution in [0, 0.1) is 16.7 Å². The first-order valence-electron chi connectivity index (χ1n) is 25.4. The molecule has 4 N–H and O–H groups in total. The second-order valence-corrected chi connectivity index (χ2v) is 22.6. The third-order valence-electron chi connectivity index (χ3n) is 15.9. The van der Waals surface area contributed by atoms with E-state index in [2.05, 4.69) is 5.32 Å². The van der Waals surface area contributed by atoms with Gasteiger partial charge in [0.15, 0.2) is 46.6 Å². The lowest BCUT2D eigenvalue weighted by Crippen LogP contribution is -2.82. The van der Waals surface area contributed by atoms with Gasteiger partial charge in [-0.2, -0.15) is 0 Å². The lowest BCUT2D eigenvalue weighted by atomic mass is 9.44. The first-order valence-corrected chi connectivity index (χ1v) is 26.9. The van der Waals surface area contributed by atoms with Crippen LogP contribution in [0.5, 0.6) is 23.0 Å². The molecule has 10 rings (SSSR count). The first kappa shape index (κ1) is 58.1. The summed E-state index contributed by atoms with van der Waals surface area (Å²) < 4.78 is 41.5. The third-order valence-corrected chi connectivity index (χ3v) is 17.3. The minimum Gasteiger partial charge on any atom is -0.456 e. The fourth-order valence-electron chi connectivity index (χ4n) is 11.8. The van der Waals surface area contributed by atoms with Crippen molar-refractivity contribution in [2.45, 2.75) is 108 Å². The van der Waals surface area contributed by atoms with Gasteiger partial charge >= 0.3 is 23.9 Å². The van der Waals surface area contributed by atoms with Crippen LogP contribution in [0.4, 0.5) is 0 Å². The van der Waals surface area contributed by atoms with Crippen LogP contribution in [0.25, 0.3) is 0 Å². The second-order valence-electron chi connectivity index (χ2n) is 21.0. The Morgan fingerprint density at radius 3 is 1.69 bits per heavy atom. The molecule has 5 aliphatic rings. The van der Waals surface area contributed by atoms with Crippen LogP contribution in [0.3, 0.4) is 0 Å². The number of carbonyl (C=O) groups excluding carboxylic acids is 6. The monoisotopic (exact) mass is 1170 g/mol. The van der Waals surface area contributed by atoms with E-state index in [1.165, 1.54) is 26.0 Å². The summed E-state index contributed by atoms with van der Waals surface area (Å²) in [5, 5.41) is 41.8. The van der Waals surface area contributed by atoms with Crippen molar-refractivity contribution in [2.75, 3.05) is 6.61 Å². The summed E-state index contributed by atoms with van der Waals surface area (Å²) in [4.78, 5) is 83.5. The maximum Gasteiger partial charge on any atom is 0.338 e. The number of rotatable bonds is 10. The molecule has 3 fully saturated rings. The van der Waals surface area contributed by atoms with Gasteiger partial charge in [-0.15, -0.1) is 0 Å². The zero-order valence-corrected chi connectivity index (χ0v) is 46.9. The van der Waals surface area contributed by atoms with Crippen molar-refractivity contribution in [1.29, 1.82) is 0 Å². The maximum absolute atomic E-state index is 15.5. The smallest absolute Gasteiger partial charge is 0.338 e. The van der Waals surface area contributed by atoms with Crippen molar-refractivity contribution in [1.82, 2.24) is 5.32 Å². The van der Waals surface area contributed by atoms with E-state index < -0.39 is 113 Å². The Bertz CT molecular complexity index is 3200. The molecule has 80 heavy (non-hydrogen) atoms. The molecule has 3 aliphatic carbocycles. The molecule has 1 saturated heterocycles. The molecule has 5 aromatic rings. The van der Waals surface area contributed by atoms with Crippen LogP contribution in [0.2, 0.25) is 20.1 Å². The minimum absolute atomic E-state index is 0.00289. The van der Waals surface area contributed by atoms with Crippen LogP contribution < -0.4 is 14.8 Å². The van der Waals surface area contributed by atoms with Crippen molar-refractivity contribution in [2.24, 2.45) is 16.7 Å². The quantitative estimate of drug-likeness (QED) is 0.0567. The van der Waals surface area contributed by atoms with Crippen molar-refractivity contribution in [3.63, 3.8) is 0 Å². The van der Waals surface area contributed by atoms with Gasteiger partial charge in [-0.25, -0.2) is 9.59 Å². The molecule has 0 unspecified atom stereocenters. The molecule has 2 aliphatic heterocycles. The molecule has 2 bridgehead atoms. The van der Waals surface area contributed by atoms with Gasteiger partial charge < -0.3 is 53.8 Å². The standard InChI is InChI=1S/C47H51NO14.C12H4Cl4O2/c1-25-31(60-43(56)36(52)35(28-16-10-7-11-17-28)48-41(54)29-18-12-8-13-19-29)23-47(57)40(61-42(55)30-20-14-9-15-21-30)38-45(6,32(51)22-33-46(38,24-58-33)62-27(3)50)39(53)37(59-26(2)49)34(25)44(47,4)5;13-5-1-9-10(2-6(5)14)18-12-4-8(16)7(15)3-11(12)17-9/h7-21,31-33,35-38,40,51-52,57H,22-24H2,1-6H3,(H,48,54);1-4H/t31-,32-,33+,35-,36+,37+,38-,40-,45+,46-,47+;/m0./s1. The SMILES string of the molecule is CC(=O)O[C@H]1C(=O)[C@@]2(C)[C@H]([C@H](OC(=O)c3ccccc3)[C@]3(O)C[C@H](OC(=O)[C@H](O)[C@@H](NC(=O)c4ccccc4)c4ccccc4)C(C)=C1C3(C)C)[C@]1(OC(C)=O)CO[C@@H]1C[C@@H]2O.Clc1cc2c(cc1Cl)Oc1cc(Cl)c(Cl)cc1O2. The van der Waals surface area contributed by atoms with Gasteiger partial charge in [0.2, 0.25) is 0 Å². The number of hydrogen-bond acceptors (Lipinski definition) is 16. The van der Waals surface area contributed by atoms with Gasteiger partial charge in [0.05, 0.1) is 55.7 Å². The number of Topliss-reactive ketones (excluding diaryl/α,β-unsaturated/α-hetero) is 1. The fourth-order valence-corrected chi connectivity index (χ4v) is 12.4. The second kappa shape index (κ2) is 22.4. The van der Waals surface area contributed by atoms with Crippen LogP contribution in [0.15, 0.2) is 126 Å². The topological polar surface area (TPSA) is 240 Å². The molecule has 0 aromatic heterocycles. The number of hydrogen-bond donors (Lipinski definition) is 4. The third kappa shape index (κ3) is 10.4. The Hall–Kier alpha value is -6.54. The summed E-state index contributed by atoms with van der Waals surface area (Å²) in [6, 6.07) is 29.3. The van der Waals surface area contributed by atoms with E-state index in [9.17, 15) is 39.3 Å². The van der Waals surface area contributed by atoms with Crippen molar-refractivity contribution < 1.29 is 77.2 Å². The molecule has 420 valence electrons. The Morgan fingerprint density at radius 1 is 0.713 bits per heavy atom. The van der Waals surface area contributed by atoms with Gasteiger partial charge in [-0.1, -0.05) is 127 Å². The number of halogens is 4. The molecule has 11 atom stereocenters. The van der Waals surface area contributed by atoms with E-state index in [-0.39, 0.29) is 35.3 Å². The van der Waals surface area contributed by atoms with Crippen molar-refractivity contribution >= 4 is 82.0 Å². The van der Waals surface area contributed by atoms with Crippen LogP contribution in [-0.2, 0) is 42.9 Å². The number of esters is 4. The molecular formula is C59H55Cl4NO16. The fraction of sp³-hybridized carbons (Fsp3) is 0.356. The number of aliphatic hydroxyl groups excluding tert-OH is 2. The summed E-state index contributed by atoms with van der Waals surface area (Å²) in [6.45, 7) is 7.97. The average molecular weight is 1180 g/mol. The van der Waals surface area contributed by atoms with Crippen molar-refractivity contribution in [3.05, 3.63) is 163 Å². The van der Waals surface area contributed by atoms with E-state index in [4.69, 9.17) is 79.6 Å². The number of benzene rings is 5. The highest BCUT2D eigenvalue weighted by Gasteiger charge is 2.78. The summed E-state index contributed by atoms with van der Waals surface area (Å²) in [5.41, 5.74) is -7.02. The van der Waals surface area contributed by atoms with E-state index in [0.717, 1.165) is 13.8 Å². The molecule has 5 aromatic carbocycles. The predicted octanol–water partition coefficient (Wildman–Crippen LogP) is 9.93. The van der Waals surface area contributed by atoms with Gasteiger partial charge in [0, 0.05) is 61.9 Å². The van der Waals surface area contributed by atoms with Gasteiger partial charge in [0.25, 0.3) is 5.91 Å². The summed E-state index contributed by atoms with van der Waals surface area (Å²) in [7, 11) is 0. The Labute approximate surface area is 479 Å². The molecular weight excluding hydrogens is 1120 g/mol. The Kier molecular flexibility index (Phi) is 16.3. The zero-order valence-electron chi connectivity index (χ0n) is 43.9. The lowest BCUT2D eigenvalue weighted by molar-refractivity contribution is -0.346. The Balaban J connectivity index is 0.000000361. The molecule has 0 spiro atoms. The summed E-state index contributed by atoms with van der Waals surface area (Å²) >= 11 is 23.7. The van der Waals surface area contributed by atoms with Crippen LogP contribution in [0.1, 0.15) is 86.7 Å². The van der Waals surface area contributed by atoms with Crippen molar-refractivity contribution in [3.8, 4) is 23.0 Å². The van der Waals surface area contributed by atoms with Crippen LogP contribution in [-0.4, -0.2) is 105 Å². The number of fused-ring (bicyclic) bond motifs is 7. The molecule has 0 radical (unpaired) electrons. The van der Waals surface area contributed by atoms with E-state index >= 15 is 4.79 Å². The molecule has 2 heterocycles. The number of nitrogens with one attached hydrogen (secondary N) is 1. The molecule has 2 saturated carbocycles. The highest BCUT2D eigenvalue weighted by Crippen LogP contribution is 2.64. The predicted molar refractivity (Wildman–Crippen MR) is 291 cm³/mol. The van der Waals surface area contributed by atoms with Gasteiger partial charge in [-0.3, -0.25) is 19.2 Å². The van der Waals surface area contributed by atoms with E-state index in [1.807, 2.05) is 0 Å². The Morgan fingerprint density at radius 2 is 1.21 bits per heavy atom. The number of amides is 1. The van der Waals surface area contributed by atoms with Gasteiger partial charge in [0.1, 0.15) is 23.9 Å². The number of ether oxygens (including phenoxy) is 7. The highest BCUT2D eigenvalue weighted by atomic mass is 35.5. The number of ketones is 1. The minimum atomic E-state index is -2.39. The molecule has 17 nitrogen and oxygen atoms in total. The maximum atomic E-state index is 15.5. The normalized spacial score (nSPS) is 27.4. The van der Waals surface area contributed by atoms with Crippen LogP contribution >= 0.6 is 46.4 Å². The number of aliphatic hydroxyl groups is 3. The molecule has 1 amide bonds. The average Bonchev–Trinajstić information content (AvgIpc) is 3.16. The lowest BCUT2D eigenvalue weighted by Gasteiger charge is -2.67. The summed E-state index contributed by atoms with van der Waals surface area (Å²) in [6.07, 6.45) is -10.5. The summed E-state index contributed by atoms with van der Waals surface area (Å²) in [5.74, 6) is -4.91. The largest absolute Gasteiger partial charge is 0.456 e. The highest BCUT2D eigenvalue weighted by molar-refractivity contribution is 6.42. The number of carbonyl (C=O) groups is 6.